The van der Waals surface area contributed by atoms with E-state index in [0.29, 0.717) is 37.3 Å². The van der Waals surface area contributed by atoms with Crippen molar-refractivity contribution in [1.29, 1.82) is 0 Å². The smallest absolute Gasteiger partial charge is 0.264 e. The summed E-state index contributed by atoms with van der Waals surface area (Å²) in [6, 6.07) is 18.0. The van der Waals surface area contributed by atoms with Crippen LogP contribution < -0.4 is 19.5 Å². The summed E-state index contributed by atoms with van der Waals surface area (Å²) in [5.41, 5.74) is 2.31. The van der Waals surface area contributed by atoms with Crippen LogP contribution in [0, 0.1) is 0 Å². The van der Waals surface area contributed by atoms with E-state index < -0.39 is 0 Å². The summed E-state index contributed by atoms with van der Waals surface area (Å²) in [5.74, 6) is 1.62. The molecule has 1 N–H and O–H groups in total. The second-order valence-electron chi connectivity index (χ2n) is 7.11. The van der Waals surface area contributed by atoms with Gasteiger partial charge in [0.15, 0.2) is 16.7 Å². The number of benzene rings is 3. The maximum Gasteiger partial charge on any atom is 0.264 e. The van der Waals surface area contributed by atoms with Crippen LogP contribution in [0.3, 0.4) is 0 Å². The zero-order valence-electron chi connectivity index (χ0n) is 18.3. The number of nitrogens with one attached hydrogen (secondary N) is 1. The molecule has 4 rings (SSSR count). The molecular weight excluding hydrogens is 495 g/mol. The fourth-order valence-corrected chi connectivity index (χ4v) is 4.40. The van der Waals surface area contributed by atoms with Gasteiger partial charge in [-0.2, -0.15) is 0 Å². The highest BCUT2D eigenvalue weighted by molar-refractivity contribution is 8.18. The lowest BCUT2D eigenvalue weighted by Crippen LogP contribution is -2.19. The predicted octanol–water partition coefficient (Wildman–Crippen LogP) is 6.48. The number of nitrogens with zero attached hydrogens (tertiary/aromatic N) is 1. The number of amides is 1. The van der Waals surface area contributed by atoms with Crippen molar-refractivity contribution in [3.63, 3.8) is 0 Å². The third kappa shape index (κ3) is 5.86. The zero-order valence-corrected chi connectivity index (χ0v) is 20.6. The van der Waals surface area contributed by atoms with Crippen molar-refractivity contribution in [3.05, 3.63) is 86.7 Å². The Labute approximate surface area is 211 Å². The Bertz CT molecular complexity index is 1280. The standard InChI is InChI=1S/C25H20Cl2N2O4S/c1-31-19-8-6-18(7-9-19)28-25-29-24(30)23(34-25)12-15-3-10-21(22(11-15)32-2)33-14-16-4-5-17(26)13-20(16)27/h3-13H,14H2,1-2H3,(H,28,29,30)/b23-12-. The fraction of sp³-hybridized carbons (Fsp3) is 0.120. The molecule has 1 heterocycles. The van der Waals surface area contributed by atoms with Gasteiger partial charge in [0.1, 0.15) is 12.4 Å². The van der Waals surface area contributed by atoms with E-state index in [9.17, 15) is 4.79 Å². The second kappa shape index (κ2) is 10.9. The highest BCUT2D eigenvalue weighted by Gasteiger charge is 2.24. The summed E-state index contributed by atoms with van der Waals surface area (Å²) in [6.07, 6.45) is 1.78. The van der Waals surface area contributed by atoms with Crippen molar-refractivity contribution < 1.29 is 19.0 Å². The van der Waals surface area contributed by atoms with E-state index >= 15 is 0 Å². The summed E-state index contributed by atoms with van der Waals surface area (Å²) in [4.78, 5) is 17.4. The summed E-state index contributed by atoms with van der Waals surface area (Å²) >= 11 is 13.4. The molecule has 1 aliphatic heterocycles. The molecule has 9 heteroatoms. The molecular formula is C25H20Cl2N2O4S. The molecule has 6 nitrogen and oxygen atoms in total. The second-order valence-corrected chi connectivity index (χ2v) is 8.99. The Morgan fingerprint density at radius 1 is 0.971 bits per heavy atom. The van der Waals surface area contributed by atoms with Crippen molar-refractivity contribution in [2.24, 2.45) is 4.99 Å². The Morgan fingerprint density at radius 2 is 1.76 bits per heavy atom. The fourth-order valence-electron chi connectivity index (χ4n) is 3.09. The number of ether oxygens (including phenoxy) is 3. The minimum Gasteiger partial charge on any atom is -0.497 e. The van der Waals surface area contributed by atoms with Gasteiger partial charge in [-0.1, -0.05) is 35.3 Å². The van der Waals surface area contributed by atoms with Crippen molar-refractivity contribution in [1.82, 2.24) is 5.32 Å². The Hall–Kier alpha value is -3.13. The molecule has 0 aliphatic carbocycles. The number of aliphatic imine (C=N–C) groups is 1. The van der Waals surface area contributed by atoms with Crippen molar-refractivity contribution in [2.45, 2.75) is 6.61 Å². The number of carbonyl (C=O) groups excluding carboxylic acids is 1. The maximum absolute atomic E-state index is 12.4. The molecule has 0 radical (unpaired) electrons. The topological polar surface area (TPSA) is 69.2 Å². The number of rotatable bonds is 7. The molecule has 0 atom stereocenters. The van der Waals surface area contributed by atoms with Crippen molar-refractivity contribution >= 4 is 57.8 Å². The van der Waals surface area contributed by atoms with Crippen LogP contribution >= 0.6 is 35.0 Å². The molecule has 3 aromatic carbocycles. The molecule has 3 aromatic rings. The largest absolute Gasteiger partial charge is 0.497 e. The quantitative estimate of drug-likeness (QED) is 0.365. The highest BCUT2D eigenvalue weighted by Crippen LogP contribution is 2.33. The number of hydrogen-bond donors (Lipinski definition) is 1. The average molecular weight is 515 g/mol. The van der Waals surface area contributed by atoms with Gasteiger partial charge in [0.05, 0.1) is 24.8 Å². The van der Waals surface area contributed by atoms with E-state index in [-0.39, 0.29) is 12.5 Å². The SMILES string of the molecule is COc1ccc(N=C2NC(=O)/C(=C/c3ccc(OCc4ccc(Cl)cc4Cl)c(OC)c3)S2)cc1. The van der Waals surface area contributed by atoms with Gasteiger partial charge in [0.2, 0.25) is 0 Å². The van der Waals surface area contributed by atoms with Gasteiger partial charge in [-0.3, -0.25) is 4.79 Å². The lowest BCUT2D eigenvalue weighted by Gasteiger charge is -2.12. The molecule has 0 aromatic heterocycles. The molecule has 0 spiro atoms. The van der Waals surface area contributed by atoms with Gasteiger partial charge >= 0.3 is 0 Å². The van der Waals surface area contributed by atoms with Gasteiger partial charge in [0.25, 0.3) is 5.91 Å². The minimum absolute atomic E-state index is 0.214. The summed E-state index contributed by atoms with van der Waals surface area (Å²) < 4.78 is 16.5. The van der Waals surface area contributed by atoms with Gasteiger partial charge in [-0.05, 0) is 71.9 Å². The molecule has 1 aliphatic rings. The van der Waals surface area contributed by atoms with E-state index in [1.54, 1.807) is 44.6 Å². The van der Waals surface area contributed by atoms with Gasteiger partial charge < -0.3 is 19.5 Å². The molecule has 174 valence electrons. The zero-order chi connectivity index (χ0) is 24.1. The van der Waals surface area contributed by atoms with Gasteiger partial charge in [-0.15, -0.1) is 0 Å². The van der Waals surface area contributed by atoms with Crippen LogP contribution in [0.4, 0.5) is 5.69 Å². The lowest BCUT2D eigenvalue weighted by atomic mass is 10.2. The summed E-state index contributed by atoms with van der Waals surface area (Å²) in [5, 5.41) is 4.39. The molecule has 0 bridgehead atoms. The number of carbonyl (C=O) groups is 1. The molecule has 0 saturated carbocycles. The normalized spacial score (nSPS) is 15.5. The summed E-state index contributed by atoms with van der Waals surface area (Å²) in [6.45, 7) is 0.260. The van der Waals surface area contributed by atoms with Crippen molar-refractivity contribution in [2.75, 3.05) is 14.2 Å². The Morgan fingerprint density at radius 3 is 2.47 bits per heavy atom. The van der Waals surface area contributed by atoms with Crippen LogP contribution in [-0.4, -0.2) is 25.3 Å². The first-order valence-electron chi connectivity index (χ1n) is 10.1. The minimum atomic E-state index is -0.214. The number of methoxy groups -OCH3 is 2. The maximum atomic E-state index is 12.4. The number of amidine groups is 1. The van der Waals surface area contributed by atoms with Crippen LogP contribution in [0.1, 0.15) is 11.1 Å². The van der Waals surface area contributed by atoms with Crippen LogP contribution in [0.2, 0.25) is 10.0 Å². The number of hydrogen-bond acceptors (Lipinski definition) is 6. The average Bonchev–Trinajstić information content (AvgIpc) is 3.17. The molecule has 1 amide bonds. The van der Waals surface area contributed by atoms with Gasteiger partial charge in [-0.25, -0.2) is 4.99 Å². The third-order valence-electron chi connectivity index (χ3n) is 4.84. The highest BCUT2D eigenvalue weighted by atomic mass is 35.5. The molecule has 1 fully saturated rings. The molecule has 0 unspecified atom stereocenters. The third-order valence-corrected chi connectivity index (χ3v) is 6.33. The Kier molecular flexibility index (Phi) is 7.67. The van der Waals surface area contributed by atoms with Crippen LogP contribution in [0.15, 0.2) is 70.6 Å². The number of halogens is 2. The van der Waals surface area contributed by atoms with E-state index in [1.807, 2.05) is 36.4 Å². The van der Waals surface area contributed by atoms with E-state index in [2.05, 4.69) is 10.3 Å². The van der Waals surface area contributed by atoms with E-state index in [4.69, 9.17) is 37.4 Å². The first-order chi connectivity index (χ1) is 16.4. The molecule has 1 saturated heterocycles. The Balaban J connectivity index is 1.47. The number of thioether (sulfide) groups is 1. The van der Waals surface area contributed by atoms with Crippen LogP contribution in [0.5, 0.6) is 17.2 Å². The predicted molar refractivity (Wildman–Crippen MR) is 138 cm³/mol. The van der Waals surface area contributed by atoms with Gasteiger partial charge in [0, 0.05) is 15.6 Å². The first kappa shape index (κ1) is 24.0. The van der Waals surface area contributed by atoms with Crippen LogP contribution in [-0.2, 0) is 11.4 Å². The van der Waals surface area contributed by atoms with E-state index in [1.165, 1.54) is 11.8 Å². The van der Waals surface area contributed by atoms with E-state index in [0.717, 1.165) is 16.9 Å². The summed E-state index contributed by atoms with van der Waals surface area (Å²) in [7, 11) is 3.17. The van der Waals surface area contributed by atoms with Crippen molar-refractivity contribution in [3.8, 4) is 17.2 Å². The van der Waals surface area contributed by atoms with Crippen LogP contribution in [0.25, 0.3) is 6.08 Å². The first-order valence-corrected chi connectivity index (χ1v) is 11.7. The molecule has 34 heavy (non-hydrogen) atoms. The monoisotopic (exact) mass is 514 g/mol. The lowest BCUT2D eigenvalue weighted by molar-refractivity contribution is -0.115.